The fourth-order valence-electron chi connectivity index (χ4n) is 1.44. The summed E-state index contributed by atoms with van der Waals surface area (Å²) < 4.78 is 31.0. The number of rotatable bonds is 7. The predicted molar refractivity (Wildman–Crippen MR) is 72.6 cm³/mol. The first-order valence-corrected chi connectivity index (χ1v) is 8.04. The minimum atomic E-state index is -3.76. The maximum absolute atomic E-state index is 11.9. The highest BCUT2D eigenvalue weighted by molar-refractivity contribution is 9.10. The summed E-state index contributed by atoms with van der Waals surface area (Å²) in [6.07, 6.45) is 1.63. The summed E-state index contributed by atoms with van der Waals surface area (Å²) in [7, 11) is -3.76. The van der Waals surface area contributed by atoms with Crippen LogP contribution >= 0.6 is 15.9 Å². The summed E-state index contributed by atoms with van der Waals surface area (Å²) in [5, 5.41) is 8.73. The minimum Gasteiger partial charge on any atom is -0.475 e. The molecule has 0 bridgehead atoms. The summed E-state index contributed by atoms with van der Waals surface area (Å²) in [6.45, 7) is 4.42. The van der Waals surface area contributed by atoms with Crippen LogP contribution in [0.2, 0.25) is 0 Å². The zero-order chi connectivity index (χ0) is 14.6. The molecule has 0 aliphatic heterocycles. The van der Waals surface area contributed by atoms with E-state index < -0.39 is 21.8 Å². The van der Waals surface area contributed by atoms with Crippen molar-refractivity contribution in [2.75, 3.05) is 6.54 Å². The number of carboxylic acid groups (broad SMARTS) is 1. The van der Waals surface area contributed by atoms with Crippen LogP contribution in [-0.2, 0) is 10.0 Å². The van der Waals surface area contributed by atoms with Crippen molar-refractivity contribution in [2.45, 2.75) is 31.6 Å². The van der Waals surface area contributed by atoms with Crippen molar-refractivity contribution in [3.05, 3.63) is 16.5 Å². The SMILES string of the molecule is CC(C)CCCNS(=O)(=O)c1cc(C(=O)O)oc1Br. The van der Waals surface area contributed by atoms with E-state index in [0.717, 1.165) is 18.9 Å². The lowest BCUT2D eigenvalue weighted by molar-refractivity contribution is 0.0661. The number of nitrogens with one attached hydrogen (secondary N) is 1. The molecule has 2 N–H and O–H groups in total. The first kappa shape index (κ1) is 16.2. The van der Waals surface area contributed by atoms with Crippen LogP contribution in [0, 0.1) is 5.92 Å². The number of sulfonamides is 1. The van der Waals surface area contributed by atoms with Crippen LogP contribution in [0.5, 0.6) is 0 Å². The molecule has 1 aromatic heterocycles. The lowest BCUT2D eigenvalue weighted by Gasteiger charge is -2.06. The standard InChI is InChI=1S/C11H16BrNO5S/c1-7(2)4-3-5-13-19(16,17)9-6-8(11(14)15)18-10(9)12/h6-7,13H,3-5H2,1-2H3,(H,14,15). The molecular formula is C11H16BrNO5S. The number of hydrogen-bond acceptors (Lipinski definition) is 4. The average Bonchev–Trinajstić information content (AvgIpc) is 2.67. The largest absolute Gasteiger partial charge is 0.475 e. The quantitative estimate of drug-likeness (QED) is 0.733. The van der Waals surface area contributed by atoms with Crippen molar-refractivity contribution in [3.63, 3.8) is 0 Å². The number of carbonyl (C=O) groups is 1. The Kier molecular flexibility index (Phi) is 5.57. The molecule has 0 amide bonds. The van der Waals surface area contributed by atoms with Crippen LogP contribution in [0.25, 0.3) is 0 Å². The predicted octanol–water partition coefficient (Wildman–Crippen LogP) is 2.45. The average molecular weight is 354 g/mol. The third kappa shape index (κ3) is 4.63. The van der Waals surface area contributed by atoms with Crippen molar-refractivity contribution in [2.24, 2.45) is 5.92 Å². The highest BCUT2D eigenvalue weighted by atomic mass is 79.9. The van der Waals surface area contributed by atoms with Crippen molar-refractivity contribution < 1.29 is 22.7 Å². The maximum atomic E-state index is 11.9. The van der Waals surface area contributed by atoms with E-state index in [-0.39, 0.29) is 9.56 Å². The fourth-order valence-corrected chi connectivity index (χ4v) is 3.45. The lowest BCUT2D eigenvalue weighted by atomic mass is 10.1. The van der Waals surface area contributed by atoms with E-state index in [9.17, 15) is 13.2 Å². The second kappa shape index (κ2) is 6.53. The Bertz CT molecular complexity index is 549. The second-order valence-electron chi connectivity index (χ2n) is 4.49. The van der Waals surface area contributed by atoms with Gasteiger partial charge in [0, 0.05) is 12.6 Å². The third-order valence-electron chi connectivity index (χ3n) is 2.41. The monoisotopic (exact) mass is 353 g/mol. The molecule has 0 unspecified atom stereocenters. The molecule has 8 heteroatoms. The molecule has 0 saturated heterocycles. The van der Waals surface area contributed by atoms with E-state index in [2.05, 4.69) is 34.5 Å². The summed E-state index contributed by atoms with van der Waals surface area (Å²) in [4.78, 5) is 10.5. The van der Waals surface area contributed by atoms with Gasteiger partial charge in [-0.1, -0.05) is 13.8 Å². The highest BCUT2D eigenvalue weighted by Gasteiger charge is 2.24. The summed E-state index contributed by atoms with van der Waals surface area (Å²) >= 11 is 2.90. The molecule has 0 fully saturated rings. The molecule has 19 heavy (non-hydrogen) atoms. The van der Waals surface area contributed by atoms with Gasteiger partial charge < -0.3 is 9.52 Å². The highest BCUT2D eigenvalue weighted by Crippen LogP contribution is 2.26. The second-order valence-corrected chi connectivity index (χ2v) is 6.94. The van der Waals surface area contributed by atoms with Gasteiger partial charge >= 0.3 is 5.97 Å². The van der Waals surface area contributed by atoms with Crippen LogP contribution in [0.4, 0.5) is 0 Å². The van der Waals surface area contributed by atoms with E-state index in [1.807, 2.05) is 0 Å². The molecule has 1 rings (SSSR count). The number of carboxylic acids is 1. The van der Waals surface area contributed by atoms with E-state index in [1.54, 1.807) is 0 Å². The van der Waals surface area contributed by atoms with Gasteiger partial charge in [0.05, 0.1) is 0 Å². The van der Waals surface area contributed by atoms with Gasteiger partial charge in [-0.05, 0) is 34.7 Å². The van der Waals surface area contributed by atoms with Crippen LogP contribution in [0.15, 0.2) is 20.0 Å². The van der Waals surface area contributed by atoms with Crippen molar-refractivity contribution >= 4 is 31.9 Å². The van der Waals surface area contributed by atoms with E-state index in [0.29, 0.717) is 12.5 Å². The van der Waals surface area contributed by atoms with E-state index >= 15 is 0 Å². The Hall–Kier alpha value is -0.860. The Morgan fingerprint density at radius 2 is 2.16 bits per heavy atom. The first-order valence-electron chi connectivity index (χ1n) is 5.76. The number of halogens is 1. The van der Waals surface area contributed by atoms with Gasteiger partial charge in [-0.25, -0.2) is 17.9 Å². The molecule has 0 aliphatic rings. The molecule has 0 radical (unpaired) electrons. The van der Waals surface area contributed by atoms with Gasteiger partial charge in [-0.2, -0.15) is 0 Å². The molecule has 0 aliphatic carbocycles. The van der Waals surface area contributed by atoms with Gasteiger partial charge in [-0.15, -0.1) is 0 Å². The van der Waals surface area contributed by atoms with Crippen molar-refractivity contribution in [3.8, 4) is 0 Å². The molecule has 108 valence electrons. The minimum absolute atomic E-state index is 0.110. The molecule has 0 aromatic carbocycles. The summed E-state index contributed by atoms with van der Waals surface area (Å²) in [5.74, 6) is -1.24. The third-order valence-corrected chi connectivity index (χ3v) is 4.72. The van der Waals surface area contributed by atoms with Gasteiger partial charge in [0.25, 0.3) is 0 Å². The molecule has 0 saturated carbocycles. The van der Waals surface area contributed by atoms with Gasteiger partial charge in [0.2, 0.25) is 15.8 Å². The van der Waals surface area contributed by atoms with Gasteiger partial charge in [0.15, 0.2) is 4.67 Å². The van der Waals surface area contributed by atoms with Crippen LogP contribution < -0.4 is 4.72 Å². The molecule has 1 aromatic rings. The lowest BCUT2D eigenvalue weighted by Crippen LogP contribution is -2.25. The Morgan fingerprint density at radius 3 is 2.63 bits per heavy atom. The number of aromatic carboxylic acids is 1. The van der Waals surface area contributed by atoms with Crippen LogP contribution in [0.1, 0.15) is 37.2 Å². The van der Waals surface area contributed by atoms with Gasteiger partial charge in [-0.3, -0.25) is 0 Å². The molecular weight excluding hydrogens is 338 g/mol. The van der Waals surface area contributed by atoms with Crippen LogP contribution in [0.3, 0.4) is 0 Å². The topological polar surface area (TPSA) is 96.6 Å². The van der Waals surface area contributed by atoms with E-state index in [1.165, 1.54) is 0 Å². The molecule has 6 nitrogen and oxygen atoms in total. The van der Waals surface area contributed by atoms with Crippen molar-refractivity contribution in [1.29, 1.82) is 0 Å². The van der Waals surface area contributed by atoms with Crippen molar-refractivity contribution in [1.82, 2.24) is 4.72 Å². The molecule has 1 heterocycles. The Morgan fingerprint density at radius 1 is 1.53 bits per heavy atom. The van der Waals surface area contributed by atoms with E-state index in [4.69, 9.17) is 9.52 Å². The Balaban J connectivity index is 2.75. The Labute approximate surface area is 120 Å². The van der Waals surface area contributed by atoms with Gasteiger partial charge in [0.1, 0.15) is 4.90 Å². The smallest absolute Gasteiger partial charge is 0.371 e. The summed E-state index contributed by atoms with van der Waals surface area (Å²) in [5.41, 5.74) is 0. The zero-order valence-electron chi connectivity index (χ0n) is 10.6. The molecule has 0 atom stereocenters. The summed E-state index contributed by atoms with van der Waals surface area (Å²) in [6, 6.07) is 0.983. The maximum Gasteiger partial charge on any atom is 0.371 e. The zero-order valence-corrected chi connectivity index (χ0v) is 13.0. The first-order chi connectivity index (χ1) is 8.74. The van der Waals surface area contributed by atoms with Crippen LogP contribution in [-0.4, -0.2) is 26.0 Å². The molecule has 0 spiro atoms. The number of hydrogen-bond donors (Lipinski definition) is 2. The number of furan rings is 1. The normalized spacial score (nSPS) is 12.0. The fraction of sp³-hybridized carbons (Fsp3) is 0.545.